The summed E-state index contributed by atoms with van der Waals surface area (Å²) in [6, 6.07) is 16.6. The van der Waals surface area contributed by atoms with Gasteiger partial charge in [0.25, 0.3) is 0 Å². The van der Waals surface area contributed by atoms with Crippen LogP contribution in [0.4, 0.5) is 4.79 Å². The van der Waals surface area contributed by atoms with Crippen LogP contribution in [0.2, 0.25) is 5.15 Å². The SMILES string of the molecule is Cc1cccc2cc(C(O)C(O)CNC(=O)OCc3ccccc3)c(Cl)nc12. The van der Waals surface area contributed by atoms with Gasteiger partial charge in [-0.15, -0.1) is 0 Å². The van der Waals surface area contributed by atoms with Gasteiger partial charge in [0, 0.05) is 17.5 Å². The third kappa shape index (κ3) is 4.78. The van der Waals surface area contributed by atoms with Gasteiger partial charge in [-0.1, -0.05) is 60.1 Å². The first kappa shape index (κ1) is 20.1. The molecule has 0 saturated heterocycles. The molecule has 0 radical (unpaired) electrons. The monoisotopic (exact) mass is 400 g/mol. The largest absolute Gasteiger partial charge is 0.445 e. The number of aliphatic hydroxyl groups is 2. The summed E-state index contributed by atoms with van der Waals surface area (Å²) in [5.41, 5.74) is 2.85. The van der Waals surface area contributed by atoms with Gasteiger partial charge < -0.3 is 20.3 Å². The number of benzene rings is 2. The van der Waals surface area contributed by atoms with Crippen molar-refractivity contribution in [3.63, 3.8) is 0 Å². The molecule has 2 aromatic carbocycles. The van der Waals surface area contributed by atoms with Crippen molar-refractivity contribution >= 4 is 28.6 Å². The Hall–Kier alpha value is -2.67. The number of rotatable bonds is 6. The van der Waals surface area contributed by atoms with Crippen molar-refractivity contribution in [2.45, 2.75) is 25.7 Å². The number of aromatic nitrogens is 1. The number of hydrogen-bond donors (Lipinski definition) is 3. The molecule has 0 fully saturated rings. The predicted molar refractivity (Wildman–Crippen MR) is 107 cm³/mol. The lowest BCUT2D eigenvalue weighted by Crippen LogP contribution is -2.35. The lowest BCUT2D eigenvalue weighted by Gasteiger charge is -2.20. The number of alkyl carbamates (subject to hydrolysis) is 1. The molecule has 1 heterocycles. The van der Waals surface area contributed by atoms with Crippen LogP contribution >= 0.6 is 11.6 Å². The number of hydrogen-bond acceptors (Lipinski definition) is 5. The maximum Gasteiger partial charge on any atom is 0.407 e. The number of pyridine rings is 1. The first-order valence-electron chi connectivity index (χ1n) is 8.82. The summed E-state index contributed by atoms with van der Waals surface area (Å²) < 4.78 is 5.08. The fourth-order valence-electron chi connectivity index (χ4n) is 2.83. The van der Waals surface area contributed by atoms with Crippen LogP contribution in [0.1, 0.15) is 22.8 Å². The molecule has 0 aliphatic rings. The van der Waals surface area contributed by atoms with Crippen molar-refractivity contribution in [1.82, 2.24) is 10.3 Å². The minimum absolute atomic E-state index is 0.111. The van der Waals surface area contributed by atoms with E-state index >= 15 is 0 Å². The molecule has 3 aromatic rings. The molecule has 0 aliphatic heterocycles. The third-order valence-corrected chi connectivity index (χ3v) is 4.68. The highest BCUT2D eigenvalue weighted by atomic mass is 35.5. The number of nitrogens with one attached hydrogen (secondary N) is 1. The molecule has 2 atom stereocenters. The second-order valence-corrected chi connectivity index (χ2v) is 6.83. The molecule has 1 aromatic heterocycles. The molecule has 1 amide bonds. The zero-order chi connectivity index (χ0) is 20.1. The molecule has 146 valence electrons. The molecular weight excluding hydrogens is 380 g/mol. The zero-order valence-electron chi connectivity index (χ0n) is 15.3. The number of amides is 1. The van der Waals surface area contributed by atoms with Crippen LogP contribution in [0.5, 0.6) is 0 Å². The maximum atomic E-state index is 11.8. The van der Waals surface area contributed by atoms with E-state index < -0.39 is 18.3 Å². The van der Waals surface area contributed by atoms with Gasteiger partial charge in [0.15, 0.2) is 0 Å². The van der Waals surface area contributed by atoms with Crippen LogP contribution in [0.15, 0.2) is 54.6 Å². The number of carbonyl (C=O) groups is 1. The van der Waals surface area contributed by atoms with Gasteiger partial charge in [0.2, 0.25) is 0 Å². The lowest BCUT2D eigenvalue weighted by atomic mass is 10.0. The number of para-hydroxylation sites is 1. The predicted octanol–water partition coefficient (Wildman–Crippen LogP) is 3.52. The van der Waals surface area contributed by atoms with Crippen molar-refractivity contribution in [3.05, 3.63) is 76.4 Å². The van der Waals surface area contributed by atoms with Crippen LogP contribution in [0, 0.1) is 6.92 Å². The van der Waals surface area contributed by atoms with E-state index in [1.54, 1.807) is 6.07 Å². The Morgan fingerprint density at radius 2 is 1.93 bits per heavy atom. The molecule has 3 N–H and O–H groups in total. The Morgan fingerprint density at radius 3 is 2.68 bits per heavy atom. The number of aryl methyl sites for hydroxylation is 1. The Morgan fingerprint density at radius 1 is 1.18 bits per heavy atom. The summed E-state index contributed by atoms with van der Waals surface area (Å²) in [5, 5.41) is 24.1. The molecular formula is C21H21ClN2O4. The summed E-state index contributed by atoms with van der Waals surface area (Å²) in [6.45, 7) is 1.84. The van der Waals surface area contributed by atoms with E-state index in [2.05, 4.69) is 10.3 Å². The maximum absolute atomic E-state index is 11.8. The van der Waals surface area contributed by atoms with Gasteiger partial charge in [-0.2, -0.15) is 0 Å². The Labute approximate surface area is 167 Å². The van der Waals surface area contributed by atoms with Crippen molar-refractivity contribution in [2.75, 3.05) is 6.54 Å². The van der Waals surface area contributed by atoms with E-state index in [4.69, 9.17) is 16.3 Å². The molecule has 28 heavy (non-hydrogen) atoms. The normalized spacial score (nSPS) is 13.1. The highest BCUT2D eigenvalue weighted by Crippen LogP contribution is 2.28. The first-order valence-corrected chi connectivity index (χ1v) is 9.20. The molecule has 0 bridgehead atoms. The van der Waals surface area contributed by atoms with Gasteiger partial charge in [-0.05, 0) is 24.1 Å². The fraction of sp³-hybridized carbons (Fsp3) is 0.238. The quantitative estimate of drug-likeness (QED) is 0.551. The second-order valence-electron chi connectivity index (χ2n) is 6.47. The summed E-state index contributed by atoms with van der Waals surface area (Å²) >= 11 is 6.20. The molecule has 0 saturated carbocycles. The average Bonchev–Trinajstić information content (AvgIpc) is 2.71. The summed E-state index contributed by atoms with van der Waals surface area (Å²) in [4.78, 5) is 16.1. The third-order valence-electron chi connectivity index (χ3n) is 4.38. The van der Waals surface area contributed by atoms with Gasteiger partial charge in [0.1, 0.15) is 24.0 Å². The molecule has 6 nitrogen and oxygen atoms in total. The minimum atomic E-state index is -1.31. The highest BCUT2D eigenvalue weighted by molar-refractivity contribution is 6.30. The molecule has 0 aliphatic carbocycles. The van der Waals surface area contributed by atoms with E-state index in [1.165, 1.54) is 0 Å². The van der Waals surface area contributed by atoms with Crippen LogP contribution in [0.25, 0.3) is 10.9 Å². The fourth-order valence-corrected chi connectivity index (χ4v) is 3.08. The summed E-state index contributed by atoms with van der Waals surface area (Å²) in [5.74, 6) is 0. The number of carbonyl (C=O) groups excluding carboxylic acids is 1. The zero-order valence-corrected chi connectivity index (χ0v) is 16.1. The van der Waals surface area contributed by atoms with E-state index in [-0.39, 0.29) is 18.3 Å². The minimum Gasteiger partial charge on any atom is -0.445 e. The standard InChI is InChI=1S/C21H21ClN2O4/c1-13-6-5-9-15-10-16(20(22)24-18(13)15)19(26)17(25)11-23-21(27)28-12-14-7-3-2-4-8-14/h2-10,17,19,25-26H,11-12H2,1H3,(H,23,27). The van der Waals surface area contributed by atoms with Crippen molar-refractivity contribution in [2.24, 2.45) is 0 Å². The number of halogens is 1. The average molecular weight is 401 g/mol. The van der Waals surface area contributed by atoms with Crippen molar-refractivity contribution in [1.29, 1.82) is 0 Å². The van der Waals surface area contributed by atoms with E-state index in [9.17, 15) is 15.0 Å². The Balaban J connectivity index is 1.59. The van der Waals surface area contributed by atoms with Crippen LogP contribution < -0.4 is 5.32 Å². The van der Waals surface area contributed by atoms with Crippen LogP contribution in [-0.2, 0) is 11.3 Å². The summed E-state index contributed by atoms with van der Waals surface area (Å²) in [7, 11) is 0. The van der Waals surface area contributed by atoms with Gasteiger partial charge in [-0.25, -0.2) is 9.78 Å². The molecule has 2 unspecified atom stereocenters. The van der Waals surface area contributed by atoms with Gasteiger partial charge in [0.05, 0.1) is 5.52 Å². The molecule has 3 rings (SSSR count). The molecule has 7 heteroatoms. The van der Waals surface area contributed by atoms with Gasteiger partial charge in [-0.3, -0.25) is 0 Å². The van der Waals surface area contributed by atoms with E-state index in [1.807, 2.05) is 55.5 Å². The second kappa shape index (κ2) is 9.01. The first-order chi connectivity index (χ1) is 13.5. The van der Waals surface area contributed by atoms with E-state index in [0.717, 1.165) is 22.0 Å². The number of fused-ring (bicyclic) bond motifs is 1. The Bertz CT molecular complexity index is 965. The topological polar surface area (TPSA) is 91.7 Å². The van der Waals surface area contributed by atoms with Crippen LogP contribution in [-0.4, -0.2) is 33.9 Å². The summed E-state index contributed by atoms with van der Waals surface area (Å²) in [6.07, 6.45) is -3.27. The van der Waals surface area contributed by atoms with Crippen LogP contribution in [0.3, 0.4) is 0 Å². The molecule has 0 spiro atoms. The highest BCUT2D eigenvalue weighted by Gasteiger charge is 2.23. The van der Waals surface area contributed by atoms with Crippen molar-refractivity contribution < 1.29 is 19.7 Å². The van der Waals surface area contributed by atoms with E-state index in [0.29, 0.717) is 5.56 Å². The van der Waals surface area contributed by atoms with Crippen molar-refractivity contribution in [3.8, 4) is 0 Å². The smallest absolute Gasteiger partial charge is 0.407 e. The lowest BCUT2D eigenvalue weighted by molar-refractivity contribution is 0.0183. The number of ether oxygens (including phenoxy) is 1. The Kier molecular flexibility index (Phi) is 6.46. The van der Waals surface area contributed by atoms with Gasteiger partial charge >= 0.3 is 6.09 Å². The number of nitrogens with zero attached hydrogens (tertiary/aromatic N) is 1. The number of aliphatic hydroxyl groups excluding tert-OH is 2.